The molecule has 3 aromatic rings. The van der Waals surface area contributed by atoms with E-state index in [2.05, 4.69) is 30.9 Å². The first-order valence-electron chi connectivity index (χ1n) is 12.1. The number of thiazole rings is 1. The Morgan fingerprint density at radius 1 is 1.24 bits per heavy atom. The molecular weight excluding hydrogens is 492 g/mol. The van der Waals surface area contributed by atoms with E-state index in [4.69, 9.17) is 9.47 Å². The molecule has 1 fully saturated rings. The van der Waals surface area contributed by atoms with E-state index in [0.717, 1.165) is 5.56 Å². The third-order valence-electron chi connectivity index (χ3n) is 7.09. The van der Waals surface area contributed by atoms with Gasteiger partial charge in [-0.15, -0.1) is 11.3 Å². The number of likely N-dealkylation sites (tertiary alicyclic amines) is 1. The van der Waals surface area contributed by atoms with Gasteiger partial charge in [-0.3, -0.25) is 9.48 Å². The first-order chi connectivity index (χ1) is 17.5. The largest absolute Gasteiger partial charge is 0.496 e. The first-order valence-corrected chi connectivity index (χ1v) is 13.0. The second-order valence-electron chi connectivity index (χ2n) is 10.9. The van der Waals surface area contributed by atoms with Gasteiger partial charge >= 0.3 is 5.97 Å². The second kappa shape index (κ2) is 9.90. The average molecular weight is 527 g/mol. The number of carboxylic acid groups (broad SMARTS) is 1. The van der Waals surface area contributed by atoms with E-state index >= 15 is 0 Å². The summed E-state index contributed by atoms with van der Waals surface area (Å²) in [5, 5.41) is 17.5. The van der Waals surface area contributed by atoms with Gasteiger partial charge in [0.15, 0.2) is 5.54 Å². The van der Waals surface area contributed by atoms with Gasteiger partial charge in [-0.2, -0.15) is 5.10 Å². The van der Waals surface area contributed by atoms with Crippen LogP contribution in [-0.2, 0) is 21.5 Å². The van der Waals surface area contributed by atoms with Gasteiger partial charge in [0, 0.05) is 42.1 Å². The predicted molar refractivity (Wildman–Crippen MR) is 140 cm³/mol. The van der Waals surface area contributed by atoms with Gasteiger partial charge in [0.05, 0.1) is 26.3 Å². The van der Waals surface area contributed by atoms with Crippen LogP contribution in [0.2, 0.25) is 0 Å². The lowest BCUT2D eigenvalue weighted by molar-refractivity contribution is -0.150. The minimum Gasteiger partial charge on any atom is -0.496 e. The maximum atomic E-state index is 14.4. The number of hydrogen-bond acceptors (Lipinski definition) is 7. The molecule has 1 N–H and O–H groups in total. The Morgan fingerprint density at radius 3 is 2.54 bits per heavy atom. The molecular formula is C27H34N4O5S. The summed E-state index contributed by atoms with van der Waals surface area (Å²) in [6, 6.07) is 6.44. The zero-order valence-corrected chi connectivity index (χ0v) is 22.9. The molecule has 198 valence electrons. The molecule has 3 heterocycles. The lowest BCUT2D eigenvalue weighted by Gasteiger charge is -2.38. The SMILES string of the molecule is COCC1(C)CC(Cn2cccn2)(C(=O)O)N(C(=O)c2ccc(C(C)(C)C)c(OC)c2)C1c1nccs1. The molecule has 1 aliphatic heterocycles. The molecule has 0 radical (unpaired) electrons. The van der Waals surface area contributed by atoms with Gasteiger partial charge in [-0.05, 0) is 35.6 Å². The highest BCUT2D eigenvalue weighted by Gasteiger charge is 2.64. The summed E-state index contributed by atoms with van der Waals surface area (Å²) in [7, 11) is 3.16. The van der Waals surface area contributed by atoms with E-state index in [1.54, 1.807) is 55.7 Å². The zero-order valence-electron chi connectivity index (χ0n) is 22.1. The molecule has 1 aromatic carbocycles. The topological polar surface area (TPSA) is 107 Å². The van der Waals surface area contributed by atoms with Crippen molar-refractivity contribution in [3.63, 3.8) is 0 Å². The number of amides is 1. The van der Waals surface area contributed by atoms with Crippen molar-refractivity contribution in [3.05, 3.63) is 64.4 Å². The Kier molecular flexibility index (Phi) is 7.18. The molecule has 0 spiro atoms. The molecule has 0 bridgehead atoms. The van der Waals surface area contributed by atoms with E-state index in [-0.39, 0.29) is 25.0 Å². The molecule has 2 aromatic heterocycles. The van der Waals surface area contributed by atoms with Crippen LogP contribution in [0, 0.1) is 5.41 Å². The smallest absolute Gasteiger partial charge is 0.331 e. The number of nitrogens with zero attached hydrogens (tertiary/aromatic N) is 4. The highest BCUT2D eigenvalue weighted by Crippen LogP contribution is 2.56. The van der Waals surface area contributed by atoms with Gasteiger partial charge < -0.3 is 19.5 Å². The number of aromatic nitrogens is 3. The molecule has 0 aliphatic carbocycles. The van der Waals surface area contributed by atoms with E-state index in [0.29, 0.717) is 16.3 Å². The van der Waals surface area contributed by atoms with Crippen molar-refractivity contribution in [2.45, 2.75) is 57.7 Å². The molecule has 1 saturated heterocycles. The van der Waals surface area contributed by atoms with Crippen LogP contribution in [-0.4, -0.2) is 63.0 Å². The lowest BCUT2D eigenvalue weighted by Crippen LogP contribution is -2.56. The first kappa shape index (κ1) is 26.8. The standard InChI is InChI=1S/C27H34N4O5S/c1-25(2,3)19-9-8-18(14-20(19)36-6)23(32)31-21(22-28-11-13-37-22)26(4,17-35-5)15-27(31,24(33)34)16-30-12-7-10-29-30/h7-14,21H,15-17H2,1-6H3,(H,33,34). The van der Waals surface area contributed by atoms with Crippen molar-refractivity contribution in [2.75, 3.05) is 20.8 Å². The fraction of sp³-hybridized carbons (Fsp3) is 0.481. The van der Waals surface area contributed by atoms with Gasteiger partial charge in [-0.1, -0.05) is 33.8 Å². The van der Waals surface area contributed by atoms with Gasteiger partial charge in [-0.25, -0.2) is 9.78 Å². The number of carbonyl (C=O) groups is 2. The van der Waals surface area contributed by atoms with Crippen molar-refractivity contribution in [1.82, 2.24) is 19.7 Å². The van der Waals surface area contributed by atoms with Gasteiger partial charge in [0.2, 0.25) is 0 Å². The summed E-state index contributed by atoms with van der Waals surface area (Å²) >= 11 is 1.40. The van der Waals surface area contributed by atoms with Crippen LogP contribution in [0.15, 0.2) is 48.2 Å². The van der Waals surface area contributed by atoms with Crippen LogP contribution >= 0.6 is 11.3 Å². The highest BCUT2D eigenvalue weighted by atomic mass is 32.1. The number of carbonyl (C=O) groups excluding carboxylic acids is 1. The zero-order chi connectivity index (χ0) is 27.0. The predicted octanol–water partition coefficient (Wildman–Crippen LogP) is 4.41. The summed E-state index contributed by atoms with van der Waals surface area (Å²) in [6.45, 7) is 8.41. The van der Waals surface area contributed by atoms with Gasteiger partial charge in [0.1, 0.15) is 10.8 Å². The minimum atomic E-state index is -1.59. The maximum Gasteiger partial charge on any atom is 0.331 e. The molecule has 37 heavy (non-hydrogen) atoms. The Balaban J connectivity index is 1.93. The Labute approximate surface area is 221 Å². The summed E-state index contributed by atoms with van der Waals surface area (Å²) in [5.41, 5.74) is -1.22. The minimum absolute atomic E-state index is 0.0144. The molecule has 9 nitrogen and oxygen atoms in total. The van der Waals surface area contributed by atoms with Crippen LogP contribution in [0.5, 0.6) is 5.75 Å². The fourth-order valence-electron chi connectivity index (χ4n) is 5.58. The van der Waals surface area contributed by atoms with E-state index < -0.39 is 28.9 Å². The number of rotatable bonds is 8. The molecule has 1 aliphatic rings. The van der Waals surface area contributed by atoms with Crippen molar-refractivity contribution in [1.29, 1.82) is 0 Å². The summed E-state index contributed by atoms with van der Waals surface area (Å²) in [4.78, 5) is 33.7. The monoisotopic (exact) mass is 526 g/mol. The van der Waals surface area contributed by atoms with E-state index in [1.807, 2.05) is 18.4 Å². The van der Waals surface area contributed by atoms with E-state index in [9.17, 15) is 14.7 Å². The Bertz CT molecular complexity index is 1250. The second-order valence-corrected chi connectivity index (χ2v) is 11.8. The van der Waals surface area contributed by atoms with Crippen LogP contribution in [0.1, 0.15) is 61.1 Å². The normalized spacial score (nSPS) is 23.8. The van der Waals surface area contributed by atoms with Crippen LogP contribution in [0.3, 0.4) is 0 Å². The number of ether oxygens (including phenoxy) is 2. The van der Waals surface area contributed by atoms with Crippen molar-refractivity contribution in [2.24, 2.45) is 5.41 Å². The molecule has 3 unspecified atom stereocenters. The number of aliphatic carboxylic acids is 1. The fourth-order valence-corrected chi connectivity index (χ4v) is 6.48. The Morgan fingerprint density at radius 2 is 2.00 bits per heavy atom. The maximum absolute atomic E-state index is 14.4. The summed E-state index contributed by atoms with van der Waals surface area (Å²) in [5.74, 6) is -0.930. The van der Waals surface area contributed by atoms with Crippen LogP contribution in [0.25, 0.3) is 0 Å². The third-order valence-corrected chi connectivity index (χ3v) is 7.92. The van der Waals surface area contributed by atoms with Crippen molar-refractivity contribution < 1.29 is 24.2 Å². The molecule has 10 heteroatoms. The Hall–Kier alpha value is -3.24. The third kappa shape index (κ3) is 4.75. The van der Waals surface area contributed by atoms with E-state index in [1.165, 1.54) is 16.2 Å². The van der Waals surface area contributed by atoms with Crippen LogP contribution in [0.4, 0.5) is 0 Å². The molecule has 0 saturated carbocycles. The average Bonchev–Trinajstić information content (AvgIpc) is 3.58. The van der Waals surface area contributed by atoms with Gasteiger partial charge in [0.25, 0.3) is 5.91 Å². The summed E-state index contributed by atoms with van der Waals surface area (Å²) < 4.78 is 12.8. The number of hydrogen-bond donors (Lipinski definition) is 1. The molecule has 4 rings (SSSR count). The number of benzene rings is 1. The number of carboxylic acids is 1. The van der Waals surface area contributed by atoms with Crippen molar-refractivity contribution >= 4 is 23.2 Å². The van der Waals surface area contributed by atoms with Crippen molar-refractivity contribution in [3.8, 4) is 5.75 Å². The quantitative estimate of drug-likeness (QED) is 0.463. The molecule has 3 atom stereocenters. The summed E-state index contributed by atoms with van der Waals surface area (Å²) in [6.07, 6.45) is 5.14. The molecule has 1 amide bonds. The lowest BCUT2D eigenvalue weighted by atomic mass is 9.79. The number of methoxy groups -OCH3 is 2. The highest BCUT2D eigenvalue weighted by molar-refractivity contribution is 7.09. The van der Waals surface area contributed by atoms with Crippen LogP contribution < -0.4 is 4.74 Å².